The summed E-state index contributed by atoms with van der Waals surface area (Å²) in [6.45, 7) is 9.17. The normalized spacial score (nSPS) is 14.3. The molecule has 0 aliphatic carbocycles. The van der Waals surface area contributed by atoms with E-state index in [1.54, 1.807) is 11.3 Å². The van der Waals surface area contributed by atoms with Gasteiger partial charge in [0.15, 0.2) is 0 Å². The lowest BCUT2D eigenvalue weighted by Crippen LogP contribution is -2.40. The number of hydrogen-bond donors (Lipinski definition) is 0. The second kappa shape index (κ2) is 12.1. The van der Waals surface area contributed by atoms with Crippen molar-refractivity contribution in [3.05, 3.63) is 81.8 Å². The van der Waals surface area contributed by atoms with Gasteiger partial charge in [0.25, 0.3) is 5.91 Å². The Bertz CT molecular complexity index is 1040. The van der Waals surface area contributed by atoms with Crippen molar-refractivity contribution in [1.82, 2.24) is 14.8 Å². The predicted molar refractivity (Wildman–Crippen MR) is 138 cm³/mol. The van der Waals surface area contributed by atoms with E-state index in [-0.39, 0.29) is 5.91 Å². The van der Waals surface area contributed by atoms with E-state index in [1.807, 2.05) is 53.4 Å². The maximum atomic E-state index is 13.3. The smallest absolute Gasteiger partial charge is 0.254 e. The molecule has 0 radical (unpaired) electrons. The first-order chi connectivity index (χ1) is 16.6. The number of hydrogen-bond acceptors (Lipinski definition) is 5. The van der Waals surface area contributed by atoms with Crippen molar-refractivity contribution < 1.29 is 9.53 Å². The Labute approximate surface area is 207 Å². The highest BCUT2D eigenvalue weighted by atomic mass is 32.1. The first-order valence-electron chi connectivity index (χ1n) is 12.3. The van der Waals surface area contributed by atoms with Gasteiger partial charge in [0.1, 0.15) is 17.4 Å². The number of piperidine rings is 1. The SMILES string of the molecule is CC(C)c1ccccc1OCc1nc(CN(CCN2CCCCC2)C(=O)c2ccccc2)cs1. The second-order valence-corrected chi connectivity index (χ2v) is 10.2. The van der Waals surface area contributed by atoms with E-state index in [9.17, 15) is 4.79 Å². The van der Waals surface area contributed by atoms with Gasteiger partial charge < -0.3 is 14.5 Å². The van der Waals surface area contributed by atoms with Crippen molar-refractivity contribution in [3.63, 3.8) is 0 Å². The minimum absolute atomic E-state index is 0.0641. The van der Waals surface area contributed by atoms with Gasteiger partial charge in [-0.1, -0.05) is 56.7 Å². The first kappa shape index (κ1) is 24.4. The quantitative estimate of drug-likeness (QED) is 0.361. The van der Waals surface area contributed by atoms with Crippen LogP contribution in [0.1, 0.15) is 65.7 Å². The Morgan fingerprint density at radius 3 is 2.56 bits per heavy atom. The van der Waals surface area contributed by atoms with Crippen molar-refractivity contribution in [2.45, 2.75) is 52.2 Å². The van der Waals surface area contributed by atoms with Crippen LogP contribution < -0.4 is 4.74 Å². The largest absolute Gasteiger partial charge is 0.486 e. The van der Waals surface area contributed by atoms with Crippen molar-refractivity contribution in [3.8, 4) is 5.75 Å². The lowest BCUT2D eigenvalue weighted by atomic mass is 10.0. The van der Waals surface area contributed by atoms with Crippen LogP contribution in [0.25, 0.3) is 0 Å². The van der Waals surface area contributed by atoms with Gasteiger partial charge >= 0.3 is 0 Å². The van der Waals surface area contributed by atoms with Crippen LogP contribution in [0.5, 0.6) is 5.75 Å². The number of aromatic nitrogens is 1. The van der Waals surface area contributed by atoms with Crippen LogP contribution >= 0.6 is 11.3 Å². The van der Waals surface area contributed by atoms with Gasteiger partial charge in [0.05, 0.1) is 12.2 Å². The molecule has 34 heavy (non-hydrogen) atoms. The molecule has 2 heterocycles. The number of carbonyl (C=O) groups excluding carboxylic acids is 1. The Kier molecular flexibility index (Phi) is 8.72. The van der Waals surface area contributed by atoms with Crippen LogP contribution in [0, 0.1) is 0 Å². The minimum atomic E-state index is 0.0641. The second-order valence-electron chi connectivity index (χ2n) is 9.21. The summed E-state index contributed by atoms with van der Waals surface area (Å²) in [6.07, 6.45) is 3.82. The molecule has 0 atom stereocenters. The molecule has 0 bridgehead atoms. The van der Waals surface area contributed by atoms with Gasteiger partial charge in [-0.25, -0.2) is 4.98 Å². The highest BCUT2D eigenvalue weighted by Crippen LogP contribution is 2.27. The molecular formula is C28H35N3O2S. The lowest BCUT2D eigenvalue weighted by molar-refractivity contribution is 0.0713. The average molecular weight is 478 g/mol. The lowest BCUT2D eigenvalue weighted by Gasteiger charge is -2.30. The van der Waals surface area contributed by atoms with Gasteiger partial charge in [0, 0.05) is 24.0 Å². The molecule has 1 fully saturated rings. The molecule has 1 amide bonds. The van der Waals surface area contributed by atoms with Crippen LogP contribution in [0.15, 0.2) is 60.0 Å². The van der Waals surface area contributed by atoms with Gasteiger partial charge in [-0.2, -0.15) is 0 Å². The minimum Gasteiger partial charge on any atom is -0.486 e. The number of carbonyl (C=O) groups is 1. The van der Waals surface area contributed by atoms with E-state index >= 15 is 0 Å². The maximum Gasteiger partial charge on any atom is 0.254 e. The summed E-state index contributed by atoms with van der Waals surface area (Å²) in [5, 5.41) is 2.98. The fraction of sp³-hybridized carbons (Fsp3) is 0.429. The molecule has 5 nitrogen and oxygen atoms in total. The number of thiazole rings is 1. The highest BCUT2D eigenvalue weighted by molar-refractivity contribution is 7.09. The van der Waals surface area contributed by atoms with Crippen molar-refractivity contribution in [2.24, 2.45) is 0 Å². The Morgan fingerprint density at radius 1 is 1.06 bits per heavy atom. The van der Waals surface area contributed by atoms with Gasteiger partial charge in [-0.3, -0.25) is 4.79 Å². The summed E-state index contributed by atoms with van der Waals surface area (Å²) < 4.78 is 6.11. The van der Waals surface area contributed by atoms with Gasteiger partial charge in [-0.05, 0) is 55.6 Å². The van der Waals surface area contributed by atoms with Crippen LogP contribution in [-0.4, -0.2) is 46.9 Å². The van der Waals surface area contributed by atoms with Crippen LogP contribution in [-0.2, 0) is 13.2 Å². The van der Waals surface area contributed by atoms with Crippen molar-refractivity contribution in [2.75, 3.05) is 26.2 Å². The number of rotatable bonds is 10. The third-order valence-electron chi connectivity index (χ3n) is 6.29. The van der Waals surface area contributed by atoms with Crippen molar-refractivity contribution in [1.29, 1.82) is 0 Å². The zero-order valence-electron chi connectivity index (χ0n) is 20.3. The maximum absolute atomic E-state index is 13.3. The van der Waals surface area contributed by atoms with Crippen LogP contribution in [0.3, 0.4) is 0 Å². The summed E-state index contributed by atoms with van der Waals surface area (Å²) >= 11 is 1.59. The summed E-state index contributed by atoms with van der Waals surface area (Å²) in [5.41, 5.74) is 2.85. The van der Waals surface area contributed by atoms with Gasteiger partial charge in [0.2, 0.25) is 0 Å². The first-order valence-corrected chi connectivity index (χ1v) is 13.2. The predicted octanol–water partition coefficient (Wildman–Crippen LogP) is 5.97. The van der Waals surface area contributed by atoms with Crippen LogP contribution in [0.4, 0.5) is 0 Å². The van der Waals surface area contributed by atoms with Crippen LogP contribution in [0.2, 0.25) is 0 Å². The van der Waals surface area contributed by atoms with E-state index in [2.05, 4.69) is 30.2 Å². The molecule has 0 N–H and O–H groups in total. The number of likely N-dealkylation sites (tertiary alicyclic amines) is 1. The Morgan fingerprint density at radius 2 is 1.79 bits per heavy atom. The average Bonchev–Trinajstić information content (AvgIpc) is 3.33. The summed E-state index contributed by atoms with van der Waals surface area (Å²) in [6, 6.07) is 17.8. The van der Waals surface area contributed by atoms with Crippen molar-refractivity contribution >= 4 is 17.2 Å². The summed E-state index contributed by atoms with van der Waals surface area (Å²) in [4.78, 5) is 22.5. The molecule has 3 aromatic rings. The van der Waals surface area contributed by atoms with Gasteiger partial charge in [-0.15, -0.1) is 11.3 Å². The summed E-state index contributed by atoms with van der Waals surface area (Å²) in [5.74, 6) is 1.38. The molecule has 1 aliphatic heterocycles. The fourth-order valence-electron chi connectivity index (χ4n) is 4.37. The number of amides is 1. The zero-order chi connectivity index (χ0) is 23.8. The van der Waals surface area contributed by atoms with E-state index in [4.69, 9.17) is 9.72 Å². The van der Waals surface area contributed by atoms with E-state index in [1.165, 1.54) is 24.8 Å². The van der Waals surface area contributed by atoms with E-state index < -0.39 is 0 Å². The number of para-hydroxylation sites is 1. The third-order valence-corrected chi connectivity index (χ3v) is 7.16. The number of ether oxygens (including phenoxy) is 1. The topological polar surface area (TPSA) is 45.7 Å². The number of benzene rings is 2. The molecular weight excluding hydrogens is 442 g/mol. The zero-order valence-corrected chi connectivity index (χ0v) is 21.1. The van der Waals surface area contributed by atoms with E-state index in [0.29, 0.717) is 25.6 Å². The van der Waals surface area contributed by atoms with E-state index in [0.717, 1.165) is 41.6 Å². The molecule has 1 saturated heterocycles. The molecule has 1 aliphatic rings. The molecule has 2 aromatic carbocycles. The molecule has 1 aromatic heterocycles. The highest BCUT2D eigenvalue weighted by Gasteiger charge is 2.19. The molecule has 6 heteroatoms. The Balaban J connectivity index is 1.41. The Hall–Kier alpha value is -2.70. The molecule has 0 saturated carbocycles. The molecule has 0 unspecified atom stereocenters. The monoisotopic (exact) mass is 477 g/mol. The standard InChI is InChI=1S/C28H35N3O2S/c1-22(2)25-13-7-8-14-26(25)33-20-27-29-24(21-34-27)19-31(18-17-30-15-9-4-10-16-30)28(32)23-11-5-3-6-12-23/h3,5-8,11-14,21-22H,4,9-10,15-20H2,1-2H3. The third kappa shape index (κ3) is 6.67. The molecule has 4 rings (SSSR count). The number of nitrogens with zero attached hydrogens (tertiary/aromatic N) is 3. The molecule has 0 spiro atoms. The summed E-state index contributed by atoms with van der Waals surface area (Å²) in [7, 11) is 0. The fourth-order valence-corrected chi connectivity index (χ4v) is 5.07. The molecule has 180 valence electrons.